The molecule has 7 heteroatoms. The smallest absolute Gasteiger partial charge is 0.255 e. The van der Waals surface area contributed by atoms with E-state index in [1.165, 1.54) is 0 Å². The number of hydrogen-bond acceptors (Lipinski definition) is 5. The van der Waals surface area contributed by atoms with E-state index in [0.717, 1.165) is 22.3 Å². The van der Waals surface area contributed by atoms with Crippen molar-refractivity contribution in [3.05, 3.63) is 47.8 Å². The van der Waals surface area contributed by atoms with Crippen LogP contribution in [0.3, 0.4) is 0 Å². The Morgan fingerprint density at radius 3 is 2.85 bits per heavy atom. The fraction of sp³-hybridized carbons (Fsp3) is 0.316. The van der Waals surface area contributed by atoms with Gasteiger partial charge in [0.1, 0.15) is 0 Å². The number of carbonyl (C=O) groups is 1. The van der Waals surface area contributed by atoms with Crippen molar-refractivity contribution in [2.24, 2.45) is 0 Å². The van der Waals surface area contributed by atoms with Crippen molar-refractivity contribution in [1.82, 2.24) is 19.7 Å². The summed E-state index contributed by atoms with van der Waals surface area (Å²) in [5, 5.41) is 5.21. The number of benzene rings is 1. The molecule has 0 N–H and O–H groups in total. The first-order valence-corrected chi connectivity index (χ1v) is 8.50. The first-order valence-electron chi connectivity index (χ1n) is 8.50. The Hall–Kier alpha value is -3.09. The number of pyridine rings is 1. The molecular weight excluding hydrogens is 332 g/mol. The van der Waals surface area contributed by atoms with Crippen LogP contribution in [0.1, 0.15) is 35.8 Å². The quantitative estimate of drug-likeness (QED) is 0.722. The molecule has 134 valence electrons. The standard InChI is InChI=1S/C19H20N4O3/c1-12(2)23-18-14(9-21-23)7-15(8-20-18)19(24)22(3)10-13-4-5-16-17(6-13)26-11-25-16/h4-9,12H,10-11H2,1-3H3. The average Bonchev–Trinajstić information content (AvgIpc) is 3.26. The third kappa shape index (κ3) is 2.85. The Morgan fingerprint density at radius 1 is 1.23 bits per heavy atom. The molecule has 0 saturated heterocycles. The Bertz CT molecular complexity index is 980. The Kier molecular flexibility index (Phi) is 3.99. The molecule has 1 aromatic carbocycles. The number of ether oxygens (including phenoxy) is 2. The van der Waals surface area contributed by atoms with E-state index in [-0.39, 0.29) is 18.7 Å². The van der Waals surface area contributed by atoms with E-state index >= 15 is 0 Å². The van der Waals surface area contributed by atoms with Crippen LogP contribution in [-0.2, 0) is 6.54 Å². The molecule has 0 aliphatic carbocycles. The van der Waals surface area contributed by atoms with E-state index in [1.54, 1.807) is 24.3 Å². The van der Waals surface area contributed by atoms with Crippen LogP contribution in [0.5, 0.6) is 11.5 Å². The van der Waals surface area contributed by atoms with Gasteiger partial charge in [0, 0.05) is 31.2 Å². The maximum Gasteiger partial charge on any atom is 0.255 e. The molecule has 1 aliphatic heterocycles. The van der Waals surface area contributed by atoms with Crippen LogP contribution in [0.4, 0.5) is 0 Å². The van der Waals surface area contributed by atoms with Crippen molar-refractivity contribution in [2.75, 3.05) is 13.8 Å². The molecule has 4 rings (SSSR count). The van der Waals surface area contributed by atoms with Gasteiger partial charge in [0.05, 0.1) is 11.8 Å². The predicted molar refractivity (Wildman–Crippen MR) is 96.3 cm³/mol. The summed E-state index contributed by atoms with van der Waals surface area (Å²) in [5.74, 6) is 1.36. The lowest BCUT2D eigenvalue weighted by Crippen LogP contribution is -2.26. The van der Waals surface area contributed by atoms with Crippen LogP contribution in [0, 0.1) is 0 Å². The van der Waals surface area contributed by atoms with Gasteiger partial charge < -0.3 is 14.4 Å². The highest BCUT2D eigenvalue weighted by molar-refractivity contribution is 5.96. The van der Waals surface area contributed by atoms with Gasteiger partial charge in [-0.25, -0.2) is 9.67 Å². The van der Waals surface area contributed by atoms with Gasteiger partial charge >= 0.3 is 0 Å². The maximum absolute atomic E-state index is 12.8. The zero-order valence-electron chi connectivity index (χ0n) is 15.0. The van der Waals surface area contributed by atoms with Crippen LogP contribution in [0.2, 0.25) is 0 Å². The van der Waals surface area contributed by atoms with Gasteiger partial charge in [-0.15, -0.1) is 0 Å². The zero-order valence-corrected chi connectivity index (χ0v) is 15.0. The lowest BCUT2D eigenvalue weighted by atomic mass is 10.1. The normalized spacial score (nSPS) is 12.8. The van der Waals surface area contributed by atoms with Crippen LogP contribution < -0.4 is 9.47 Å². The van der Waals surface area contributed by atoms with E-state index in [9.17, 15) is 4.79 Å². The molecule has 0 saturated carbocycles. The predicted octanol–water partition coefficient (Wildman–Crippen LogP) is 3.01. The minimum absolute atomic E-state index is 0.0886. The molecule has 0 spiro atoms. The number of fused-ring (bicyclic) bond motifs is 2. The fourth-order valence-corrected chi connectivity index (χ4v) is 3.04. The highest BCUT2D eigenvalue weighted by Crippen LogP contribution is 2.32. The molecule has 7 nitrogen and oxygen atoms in total. The topological polar surface area (TPSA) is 69.5 Å². The van der Waals surface area contributed by atoms with Gasteiger partial charge in [0.25, 0.3) is 5.91 Å². The molecule has 2 aromatic heterocycles. The summed E-state index contributed by atoms with van der Waals surface area (Å²) in [6.45, 7) is 4.81. The number of hydrogen-bond donors (Lipinski definition) is 0. The van der Waals surface area contributed by atoms with E-state index < -0.39 is 0 Å². The molecule has 26 heavy (non-hydrogen) atoms. The molecule has 3 aromatic rings. The van der Waals surface area contributed by atoms with Crippen molar-refractivity contribution in [3.8, 4) is 11.5 Å². The summed E-state index contributed by atoms with van der Waals surface area (Å²) in [6.07, 6.45) is 3.36. The minimum atomic E-state index is -0.0886. The van der Waals surface area contributed by atoms with E-state index in [1.807, 2.05) is 42.8 Å². The van der Waals surface area contributed by atoms with Crippen LogP contribution in [0.15, 0.2) is 36.7 Å². The molecule has 0 unspecified atom stereocenters. The number of aromatic nitrogens is 3. The SMILES string of the molecule is CC(C)n1ncc2cc(C(=O)N(C)Cc3ccc4c(c3)OCO4)cnc21. The van der Waals surface area contributed by atoms with Gasteiger partial charge in [-0.1, -0.05) is 6.07 Å². The summed E-state index contributed by atoms with van der Waals surface area (Å²) >= 11 is 0. The molecule has 1 amide bonds. The molecule has 0 atom stereocenters. The summed E-state index contributed by atoms with van der Waals surface area (Å²) in [4.78, 5) is 18.9. The van der Waals surface area contributed by atoms with Crippen molar-refractivity contribution in [1.29, 1.82) is 0 Å². The lowest BCUT2D eigenvalue weighted by Gasteiger charge is -2.17. The number of amides is 1. The average molecular weight is 352 g/mol. The highest BCUT2D eigenvalue weighted by Gasteiger charge is 2.18. The van der Waals surface area contributed by atoms with Crippen LogP contribution >= 0.6 is 0 Å². The summed E-state index contributed by atoms with van der Waals surface area (Å²) in [7, 11) is 1.77. The second-order valence-corrected chi connectivity index (χ2v) is 6.67. The van der Waals surface area contributed by atoms with Crippen molar-refractivity contribution >= 4 is 16.9 Å². The van der Waals surface area contributed by atoms with Gasteiger partial charge in [-0.2, -0.15) is 5.10 Å². The van der Waals surface area contributed by atoms with Gasteiger partial charge in [-0.3, -0.25) is 4.79 Å². The van der Waals surface area contributed by atoms with Crippen molar-refractivity contribution in [2.45, 2.75) is 26.4 Å². The zero-order chi connectivity index (χ0) is 18.3. The van der Waals surface area contributed by atoms with Crippen molar-refractivity contribution < 1.29 is 14.3 Å². The van der Waals surface area contributed by atoms with Crippen molar-refractivity contribution in [3.63, 3.8) is 0 Å². The van der Waals surface area contributed by atoms with Gasteiger partial charge in [0.2, 0.25) is 6.79 Å². The third-order valence-corrected chi connectivity index (χ3v) is 4.37. The largest absolute Gasteiger partial charge is 0.454 e. The third-order valence-electron chi connectivity index (χ3n) is 4.37. The van der Waals surface area contributed by atoms with E-state index in [2.05, 4.69) is 10.1 Å². The monoisotopic (exact) mass is 352 g/mol. The second-order valence-electron chi connectivity index (χ2n) is 6.67. The lowest BCUT2D eigenvalue weighted by molar-refractivity contribution is 0.0784. The summed E-state index contributed by atoms with van der Waals surface area (Å²) in [5.41, 5.74) is 2.31. The molecule has 0 fully saturated rings. The summed E-state index contributed by atoms with van der Waals surface area (Å²) < 4.78 is 12.6. The molecule has 3 heterocycles. The summed E-state index contributed by atoms with van der Waals surface area (Å²) in [6, 6.07) is 7.76. The number of nitrogens with zero attached hydrogens (tertiary/aromatic N) is 4. The molecule has 1 aliphatic rings. The minimum Gasteiger partial charge on any atom is -0.454 e. The first kappa shape index (κ1) is 16.4. The van der Waals surface area contributed by atoms with Gasteiger partial charge in [0.15, 0.2) is 17.1 Å². The van der Waals surface area contributed by atoms with Gasteiger partial charge in [-0.05, 0) is 37.6 Å². The fourth-order valence-electron chi connectivity index (χ4n) is 3.04. The van der Waals surface area contributed by atoms with Crippen LogP contribution in [0.25, 0.3) is 11.0 Å². The Morgan fingerprint density at radius 2 is 2.04 bits per heavy atom. The number of carbonyl (C=O) groups excluding carboxylic acids is 1. The Balaban J connectivity index is 1.54. The van der Waals surface area contributed by atoms with E-state index in [0.29, 0.717) is 17.9 Å². The highest BCUT2D eigenvalue weighted by atomic mass is 16.7. The number of rotatable bonds is 4. The van der Waals surface area contributed by atoms with Crippen LogP contribution in [-0.4, -0.2) is 39.4 Å². The molecule has 0 bridgehead atoms. The molecule has 0 radical (unpaired) electrons. The Labute approximate surface area is 151 Å². The maximum atomic E-state index is 12.8. The second kappa shape index (κ2) is 6.33. The molecular formula is C19H20N4O3. The van der Waals surface area contributed by atoms with E-state index in [4.69, 9.17) is 9.47 Å². The first-order chi connectivity index (χ1) is 12.5.